The van der Waals surface area contributed by atoms with Crippen LogP contribution in [-0.2, 0) is 19.0 Å². The number of ether oxygens (including phenoxy) is 3. The zero-order valence-corrected chi connectivity index (χ0v) is 19.6. The molecule has 0 radical (unpaired) electrons. The fourth-order valence-electron chi connectivity index (χ4n) is 6.90. The molecular weight excluding hydrogens is 424 g/mol. The van der Waals surface area contributed by atoms with E-state index in [2.05, 4.69) is 23.2 Å². The van der Waals surface area contributed by atoms with E-state index in [1.54, 1.807) is 19.4 Å². The molecule has 1 unspecified atom stereocenters. The van der Waals surface area contributed by atoms with E-state index in [9.17, 15) is 15.0 Å². The number of nitrogens with zero attached hydrogens (tertiary/aromatic N) is 2. The molecule has 1 saturated heterocycles. The Morgan fingerprint density at radius 3 is 2.79 bits per heavy atom. The number of aromatic nitrogens is 2. The second-order valence-electron chi connectivity index (χ2n) is 10.2. The summed E-state index contributed by atoms with van der Waals surface area (Å²) in [4.78, 5) is 17.2. The first-order valence-corrected chi connectivity index (χ1v) is 11.9. The van der Waals surface area contributed by atoms with Gasteiger partial charge in [0.2, 0.25) is 0 Å². The van der Waals surface area contributed by atoms with Gasteiger partial charge in [-0.25, -0.2) is 9.78 Å². The van der Waals surface area contributed by atoms with Crippen LogP contribution in [0.2, 0.25) is 0 Å². The number of hydrogen-bond acceptors (Lipinski definition) is 7. The van der Waals surface area contributed by atoms with Gasteiger partial charge in [0, 0.05) is 43.2 Å². The monoisotopic (exact) mass is 458 g/mol. The normalized spacial score (nSPS) is 47.3. The van der Waals surface area contributed by atoms with Crippen molar-refractivity contribution in [2.45, 2.75) is 75.8 Å². The number of aliphatic hydroxyl groups excluding tert-OH is 2. The maximum Gasteiger partial charge on any atom is 0.335 e. The molecule has 11 atom stereocenters. The number of cyclic esters (lactones) is 1. The van der Waals surface area contributed by atoms with Crippen molar-refractivity contribution in [2.75, 3.05) is 7.11 Å². The van der Waals surface area contributed by atoms with E-state index in [1.165, 1.54) is 7.11 Å². The Kier molecular flexibility index (Phi) is 5.76. The molecule has 8 nitrogen and oxygen atoms in total. The minimum atomic E-state index is -0.836. The van der Waals surface area contributed by atoms with E-state index in [-0.39, 0.29) is 35.8 Å². The number of carbonyl (C=O) groups excluding carboxylic acids is 1. The molecule has 2 fully saturated rings. The zero-order valence-electron chi connectivity index (χ0n) is 19.6. The van der Waals surface area contributed by atoms with Crippen LogP contribution in [0.25, 0.3) is 0 Å². The number of methoxy groups -OCH3 is 1. The second kappa shape index (κ2) is 8.34. The standard InChI is InChI=1S/C25H34N2O6/c1-13-9-14(2)25-16(10-20(31-4)24(30)32-22(13)15(3)28)5-6-17-21(25)19(29)11-18(23(17)33-25)27-8-7-26-12-27/h5-9,12-13,15-23,28-29H,10-11H2,1-4H3/b14-9+/t13-,15-,16-,17-,18?,19-,20+,21+,22+,23-,25+/m1/s1. The van der Waals surface area contributed by atoms with E-state index in [0.717, 1.165) is 5.57 Å². The Morgan fingerprint density at radius 2 is 2.12 bits per heavy atom. The first-order chi connectivity index (χ1) is 15.8. The van der Waals surface area contributed by atoms with Crippen LogP contribution in [0.15, 0.2) is 42.5 Å². The maximum atomic E-state index is 13.0. The molecular formula is C25H34N2O6. The molecule has 4 bridgehead atoms. The lowest BCUT2D eigenvalue weighted by atomic mass is 9.59. The van der Waals surface area contributed by atoms with Crippen LogP contribution in [0, 0.1) is 23.7 Å². The summed E-state index contributed by atoms with van der Waals surface area (Å²) in [5, 5.41) is 21.8. The van der Waals surface area contributed by atoms with Gasteiger partial charge >= 0.3 is 5.97 Å². The number of carbonyl (C=O) groups is 1. The van der Waals surface area contributed by atoms with Crippen LogP contribution in [-0.4, -0.2) is 69.0 Å². The predicted octanol–water partition coefficient (Wildman–Crippen LogP) is 2.04. The van der Waals surface area contributed by atoms with Crippen molar-refractivity contribution < 1.29 is 29.2 Å². The molecule has 8 heteroatoms. The molecule has 2 aliphatic heterocycles. The van der Waals surface area contributed by atoms with E-state index >= 15 is 0 Å². The van der Waals surface area contributed by atoms with Gasteiger partial charge in [-0.1, -0.05) is 25.2 Å². The van der Waals surface area contributed by atoms with Gasteiger partial charge in [-0.15, -0.1) is 0 Å². The van der Waals surface area contributed by atoms with Crippen LogP contribution < -0.4 is 0 Å². The van der Waals surface area contributed by atoms with Crippen molar-refractivity contribution in [1.29, 1.82) is 0 Å². The minimum Gasteiger partial charge on any atom is -0.457 e. The summed E-state index contributed by atoms with van der Waals surface area (Å²) >= 11 is 0. The van der Waals surface area contributed by atoms with Crippen LogP contribution in [0.1, 0.15) is 39.7 Å². The third-order valence-corrected chi connectivity index (χ3v) is 8.31. The molecule has 0 aromatic carbocycles. The zero-order chi connectivity index (χ0) is 23.5. The van der Waals surface area contributed by atoms with Crippen LogP contribution in [0.5, 0.6) is 0 Å². The smallest absolute Gasteiger partial charge is 0.335 e. The average molecular weight is 459 g/mol. The molecule has 0 amide bonds. The summed E-state index contributed by atoms with van der Waals surface area (Å²) in [5.41, 5.74) is 0.246. The Balaban J connectivity index is 1.63. The highest BCUT2D eigenvalue weighted by atomic mass is 16.6. The molecule has 1 spiro atoms. The summed E-state index contributed by atoms with van der Waals surface area (Å²) in [6.45, 7) is 5.61. The largest absolute Gasteiger partial charge is 0.457 e. The first-order valence-electron chi connectivity index (χ1n) is 11.9. The van der Waals surface area contributed by atoms with Gasteiger partial charge in [0.15, 0.2) is 6.10 Å². The SMILES string of the molecule is CO[C@H]1C[C@H]2C=C[C@@H]3[C@H]4[C@H](O)CC(n5ccnc5)[C@@H]3O[C@]42/C(C)=C/[C@@H](C)[C@@H]([C@@H](C)O)OC1=O. The van der Waals surface area contributed by atoms with Gasteiger partial charge in [-0.2, -0.15) is 0 Å². The summed E-state index contributed by atoms with van der Waals surface area (Å²) in [6, 6.07) is -0.0273. The van der Waals surface area contributed by atoms with E-state index < -0.39 is 36.0 Å². The number of esters is 1. The minimum absolute atomic E-state index is 0.0273. The van der Waals surface area contributed by atoms with Gasteiger partial charge in [0.05, 0.1) is 30.7 Å². The Bertz CT molecular complexity index is 943. The van der Waals surface area contributed by atoms with Crippen LogP contribution in [0.4, 0.5) is 0 Å². The maximum absolute atomic E-state index is 13.0. The van der Waals surface area contributed by atoms with Gasteiger partial charge in [-0.3, -0.25) is 0 Å². The summed E-state index contributed by atoms with van der Waals surface area (Å²) in [6.07, 6.45) is 9.75. The summed E-state index contributed by atoms with van der Waals surface area (Å²) in [5.74, 6) is -0.955. The van der Waals surface area contributed by atoms with Crippen molar-refractivity contribution in [3.8, 4) is 0 Å². The molecule has 5 rings (SSSR count). The lowest BCUT2D eigenvalue weighted by molar-refractivity contribution is -0.172. The van der Waals surface area contributed by atoms with Crippen molar-refractivity contribution in [3.05, 3.63) is 42.5 Å². The van der Waals surface area contributed by atoms with E-state index in [1.807, 2.05) is 24.6 Å². The fraction of sp³-hybridized carbons (Fsp3) is 0.680. The average Bonchev–Trinajstić information content (AvgIpc) is 3.36. The number of hydrogen-bond donors (Lipinski definition) is 2. The van der Waals surface area contributed by atoms with Crippen molar-refractivity contribution in [1.82, 2.24) is 9.55 Å². The number of rotatable bonds is 3. The van der Waals surface area contributed by atoms with E-state index in [4.69, 9.17) is 14.2 Å². The van der Waals surface area contributed by atoms with Gasteiger partial charge < -0.3 is 29.0 Å². The Morgan fingerprint density at radius 1 is 1.33 bits per heavy atom. The molecule has 3 heterocycles. The number of aliphatic hydroxyl groups is 2. The fourth-order valence-corrected chi connectivity index (χ4v) is 6.90. The molecule has 33 heavy (non-hydrogen) atoms. The third-order valence-electron chi connectivity index (χ3n) is 8.31. The number of imidazole rings is 1. The lowest BCUT2D eigenvalue weighted by Crippen LogP contribution is -2.54. The van der Waals surface area contributed by atoms with Gasteiger partial charge in [0.25, 0.3) is 0 Å². The quantitative estimate of drug-likeness (QED) is 0.528. The van der Waals surface area contributed by atoms with Crippen molar-refractivity contribution in [3.63, 3.8) is 0 Å². The lowest BCUT2D eigenvalue weighted by Gasteiger charge is -2.47. The van der Waals surface area contributed by atoms with Gasteiger partial charge in [0.1, 0.15) is 11.7 Å². The second-order valence-corrected chi connectivity index (χ2v) is 10.2. The van der Waals surface area contributed by atoms with Gasteiger partial charge in [-0.05, 0) is 32.3 Å². The highest BCUT2D eigenvalue weighted by Gasteiger charge is 2.66. The predicted molar refractivity (Wildman–Crippen MR) is 119 cm³/mol. The molecule has 2 aliphatic carbocycles. The molecule has 2 N–H and O–H groups in total. The molecule has 1 saturated carbocycles. The van der Waals surface area contributed by atoms with E-state index in [0.29, 0.717) is 12.8 Å². The molecule has 4 aliphatic rings. The topological polar surface area (TPSA) is 103 Å². The first kappa shape index (κ1) is 22.8. The highest BCUT2D eigenvalue weighted by molar-refractivity contribution is 5.75. The molecule has 1 aromatic rings. The Labute approximate surface area is 194 Å². The van der Waals surface area contributed by atoms with Crippen LogP contribution in [0.3, 0.4) is 0 Å². The Hall–Kier alpha value is -2.00. The molecule has 1 aromatic heterocycles. The van der Waals surface area contributed by atoms with Crippen molar-refractivity contribution in [2.24, 2.45) is 23.7 Å². The highest BCUT2D eigenvalue weighted by Crippen LogP contribution is 2.61. The molecule has 180 valence electrons. The van der Waals surface area contributed by atoms with Crippen molar-refractivity contribution >= 4 is 5.97 Å². The third kappa shape index (κ3) is 3.41. The summed E-state index contributed by atoms with van der Waals surface area (Å²) in [7, 11) is 1.50. The summed E-state index contributed by atoms with van der Waals surface area (Å²) < 4.78 is 20.3. The van der Waals surface area contributed by atoms with Crippen LogP contribution >= 0.6 is 0 Å².